The van der Waals surface area contributed by atoms with Crippen LogP contribution in [-0.2, 0) is 6.61 Å². The maximum Gasteiger partial charge on any atom is 0.213 e. The number of aryl methyl sites for hydroxylation is 1. The summed E-state index contributed by atoms with van der Waals surface area (Å²) in [5, 5.41) is 0. The van der Waals surface area contributed by atoms with Crippen LogP contribution in [-0.4, -0.2) is 9.97 Å². The summed E-state index contributed by atoms with van der Waals surface area (Å²) >= 11 is 0. The van der Waals surface area contributed by atoms with Gasteiger partial charge in [-0.15, -0.1) is 0 Å². The van der Waals surface area contributed by atoms with E-state index < -0.39 is 0 Å². The highest BCUT2D eigenvalue weighted by Crippen LogP contribution is 2.08. The van der Waals surface area contributed by atoms with Gasteiger partial charge >= 0.3 is 0 Å². The van der Waals surface area contributed by atoms with Crippen LogP contribution in [0.15, 0.2) is 42.7 Å². The first-order valence-corrected chi connectivity index (χ1v) is 4.80. The van der Waals surface area contributed by atoms with E-state index in [1.807, 2.05) is 37.3 Å². The molecule has 0 atom stereocenters. The predicted octanol–water partition coefficient (Wildman–Crippen LogP) is 2.36. The van der Waals surface area contributed by atoms with E-state index in [0.717, 1.165) is 11.3 Å². The second-order valence-corrected chi connectivity index (χ2v) is 3.28. The first kappa shape index (κ1) is 9.65. The van der Waals surface area contributed by atoms with Gasteiger partial charge in [-0.25, -0.2) is 4.98 Å². The molecule has 2 rings (SSSR count). The molecule has 2 aromatic heterocycles. The van der Waals surface area contributed by atoms with Gasteiger partial charge in [0, 0.05) is 18.5 Å². The van der Waals surface area contributed by atoms with E-state index in [-0.39, 0.29) is 0 Å². The van der Waals surface area contributed by atoms with Gasteiger partial charge in [-0.2, -0.15) is 0 Å². The van der Waals surface area contributed by atoms with Crippen molar-refractivity contribution >= 4 is 0 Å². The van der Waals surface area contributed by atoms with E-state index in [4.69, 9.17) is 4.74 Å². The first-order chi connectivity index (χ1) is 7.34. The second-order valence-electron chi connectivity index (χ2n) is 3.28. The maximum absolute atomic E-state index is 5.47. The molecule has 0 saturated heterocycles. The Morgan fingerprint density at radius 2 is 2.07 bits per heavy atom. The molecule has 2 aromatic rings. The molecule has 3 nitrogen and oxygen atoms in total. The minimum Gasteiger partial charge on any atom is -0.471 e. The van der Waals surface area contributed by atoms with E-state index in [9.17, 15) is 0 Å². The molecule has 0 N–H and O–H groups in total. The van der Waals surface area contributed by atoms with Gasteiger partial charge in [0.05, 0.1) is 5.69 Å². The molecular formula is C12H12N2O. The SMILES string of the molecule is Cc1ccc(OCc2ccccn2)nc1. The van der Waals surface area contributed by atoms with Crippen molar-refractivity contribution in [1.29, 1.82) is 0 Å². The van der Waals surface area contributed by atoms with Crippen LogP contribution in [0.3, 0.4) is 0 Å². The van der Waals surface area contributed by atoms with Crippen LogP contribution in [0.5, 0.6) is 5.88 Å². The summed E-state index contributed by atoms with van der Waals surface area (Å²) in [5.41, 5.74) is 2.03. The minimum atomic E-state index is 0.455. The lowest BCUT2D eigenvalue weighted by molar-refractivity contribution is 0.289. The number of ether oxygens (including phenoxy) is 1. The van der Waals surface area contributed by atoms with Crippen molar-refractivity contribution in [3.63, 3.8) is 0 Å². The third kappa shape index (κ3) is 2.77. The maximum atomic E-state index is 5.47. The number of nitrogens with zero attached hydrogens (tertiary/aromatic N) is 2. The van der Waals surface area contributed by atoms with Gasteiger partial charge < -0.3 is 4.74 Å². The fourth-order valence-corrected chi connectivity index (χ4v) is 1.17. The normalized spacial score (nSPS) is 9.93. The Morgan fingerprint density at radius 1 is 1.13 bits per heavy atom. The van der Waals surface area contributed by atoms with Gasteiger partial charge in [0.25, 0.3) is 0 Å². The number of rotatable bonds is 3. The first-order valence-electron chi connectivity index (χ1n) is 4.80. The van der Waals surface area contributed by atoms with Crippen molar-refractivity contribution < 1.29 is 4.74 Å². The van der Waals surface area contributed by atoms with Crippen molar-refractivity contribution in [3.05, 3.63) is 54.0 Å². The van der Waals surface area contributed by atoms with Crippen LogP contribution in [0.1, 0.15) is 11.3 Å². The van der Waals surface area contributed by atoms with Crippen molar-refractivity contribution in [2.75, 3.05) is 0 Å². The van der Waals surface area contributed by atoms with Gasteiger partial charge in [0.1, 0.15) is 6.61 Å². The molecule has 0 aliphatic rings. The molecule has 15 heavy (non-hydrogen) atoms. The Morgan fingerprint density at radius 3 is 2.73 bits per heavy atom. The lowest BCUT2D eigenvalue weighted by atomic mass is 10.3. The molecule has 0 aliphatic carbocycles. The number of hydrogen-bond donors (Lipinski definition) is 0. The molecule has 3 heteroatoms. The van der Waals surface area contributed by atoms with Crippen molar-refractivity contribution in [2.45, 2.75) is 13.5 Å². The van der Waals surface area contributed by atoms with Crippen LogP contribution in [0.25, 0.3) is 0 Å². The van der Waals surface area contributed by atoms with E-state index in [0.29, 0.717) is 12.5 Å². The summed E-state index contributed by atoms with van der Waals surface area (Å²) in [4.78, 5) is 8.30. The summed E-state index contributed by atoms with van der Waals surface area (Å²) in [5.74, 6) is 0.631. The van der Waals surface area contributed by atoms with Gasteiger partial charge in [0.15, 0.2) is 0 Å². The lowest BCUT2D eigenvalue weighted by Gasteiger charge is -2.04. The van der Waals surface area contributed by atoms with E-state index in [1.54, 1.807) is 12.4 Å². The number of pyridine rings is 2. The van der Waals surface area contributed by atoms with Crippen LogP contribution >= 0.6 is 0 Å². The summed E-state index contributed by atoms with van der Waals surface area (Å²) in [6, 6.07) is 9.58. The number of aromatic nitrogens is 2. The Bertz CT molecular complexity index is 411. The Labute approximate surface area is 88.8 Å². The van der Waals surface area contributed by atoms with E-state index in [2.05, 4.69) is 9.97 Å². The smallest absolute Gasteiger partial charge is 0.213 e. The molecule has 2 heterocycles. The molecule has 0 bridgehead atoms. The lowest BCUT2D eigenvalue weighted by Crippen LogP contribution is -1.98. The third-order valence-corrected chi connectivity index (χ3v) is 1.98. The quantitative estimate of drug-likeness (QED) is 0.762. The average molecular weight is 200 g/mol. The summed E-state index contributed by atoms with van der Waals surface area (Å²) in [6.45, 7) is 2.45. The van der Waals surface area contributed by atoms with Gasteiger partial charge in [-0.3, -0.25) is 4.98 Å². The molecular weight excluding hydrogens is 188 g/mol. The molecule has 0 saturated carbocycles. The fraction of sp³-hybridized carbons (Fsp3) is 0.167. The van der Waals surface area contributed by atoms with E-state index >= 15 is 0 Å². The number of hydrogen-bond acceptors (Lipinski definition) is 3. The largest absolute Gasteiger partial charge is 0.471 e. The highest BCUT2D eigenvalue weighted by molar-refractivity contribution is 5.16. The highest BCUT2D eigenvalue weighted by atomic mass is 16.5. The topological polar surface area (TPSA) is 35.0 Å². The van der Waals surface area contributed by atoms with Crippen molar-refractivity contribution in [2.24, 2.45) is 0 Å². The summed E-state index contributed by atoms with van der Waals surface area (Å²) < 4.78 is 5.47. The Hall–Kier alpha value is -1.90. The molecule has 0 aliphatic heterocycles. The average Bonchev–Trinajstić information content (AvgIpc) is 2.30. The van der Waals surface area contributed by atoms with Gasteiger partial charge in [-0.1, -0.05) is 12.1 Å². The Balaban J connectivity index is 1.96. The standard InChI is InChI=1S/C12H12N2O/c1-10-5-6-12(14-8-10)15-9-11-4-2-3-7-13-11/h2-8H,9H2,1H3. The molecule has 0 fully saturated rings. The molecule has 76 valence electrons. The monoisotopic (exact) mass is 200 g/mol. The minimum absolute atomic E-state index is 0.455. The molecule has 0 amide bonds. The zero-order valence-electron chi connectivity index (χ0n) is 8.55. The van der Waals surface area contributed by atoms with Gasteiger partial charge in [0.2, 0.25) is 5.88 Å². The Kier molecular flexibility index (Phi) is 2.93. The third-order valence-electron chi connectivity index (χ3n) is 1.98. The zero-order chi connectivity index (χ0) is 10.5. The van der Waals surface area contributed by atoms with E-state index in [1.165, 1.54) is 0 Å². The zero-order valence-corrected chi connectivity index (χ0v) is 8.55. The molecule has 0 spiro atoms. The highest BCUT2D eigenvalue weighted by Gasteiger charge is 1.96. The summed E-state index contributed by atoms with van der Waals surface area (Å²) in [6.07, 6.45) is 3.54. The molecule has 0 unspecified atom stereocenters. The van der Waals surface area contributed by atoms with Crippen molar-refractivity contribution in [3.8, 4) is 5.88 Å². The molecule has 0 aromatic carbocycles. The van der Waals surface area contributed by atoms with Crippen LogP contribution < -0.4 is 4.74 Å². The van der Waals surface area contributed by atoms with Gasteiger partial charge in [-0.05, 0) is 24.6 Å². The van der Waals surface area contributed by atoms with Crippen molar-refractivity contribution in [1.82, 2.24) is 9.97 Å². The fourth-order valence-electron chi connectivity index (χ4n) is 1.17. The summed E-state index contributed by atoms with van der Waals surface area (Å²) in [7, 11) is 0. The second kappa shape index (κ2) is 4.55. The molecule has 0 radical (unpaired) electrons. The van der Waals surface area contributed by atoms with Crippen LogP contribution in [0.4, 0.5) is 0 Å². The van der Waals surface area contributed by atoms with Crippen LogP contribution in [0, 0.1) is 6.92 Å². The van der Waals surface area contributed by atoms with Crippen LogP contribution in [0.2, 0.25) is 0 Å². The predicted molar refractivity (Wildman–Crippen MR) is 57.5 cm³/mol.